The van der Waals surface area contributed by atoms with Crippen molar-refractivity contribution in [2.24, 2.45) is 17.8 Å². The number of hydrogen-bond acceptors (Lipinski definition) is 15. The highest BCUT2D eigenvalue weighted by molar-refractivity contribution is 7.47. The Morgan fingerprint density at radius 3 is 0.905 bits per heavy atom. The molecule has 498 valence electrons. The van der Waals surface area contributed by atoms with E-state index in [1.165, 1.54) is 122 Å². The van der Waals surface area contributed by atoms with Gasteiger partial charge in [0.15, 0.2) is 12.2 Å². The van der Waals surface area contributed by atoms with Gasteiger partial charge in [-0.05, 0) is 43.4 Å². The maximum absolute atomic E-state index is 13.0. The van der Waals surface area contributed by atoms with Crippen LogP contribution in [0.3, 0.4) is 0 Å². The molecule has 0 saturated heterocycles. The molecule has 0 saturated carbocycles. The third-order valence-corrected chi connectivity index (χ3v) is 17.1. The van der Waals surface area contributed by atoms with Crippen molar-refractivity contribution in [3.05, 3.63) is 0 Å². The van der Waals surface area contributed by atoms with E-state index in [1.807, 2.05) is 0 Å². The Kier molecular flexibility index (Phi) is 55.0. The highest BCUT2D eigenvalue weighted by Crippen LogP contribution is 2.45. The zero-order chi connectivity index (χ0) is 62.4. The van der Waals surface area contributed by atoms with Crippen molar-refractivity contribution in [2.45, 2.75) is 336 Å². The largest absolute Gasteiger partial charge is 0.472 e. The number of carbonyl (C=O) groups is 4. The van der Waals surface area contributed by atoms with Crippen LogP contribution in [0.25, 0.3) is 0 Å². The van der Waals surface area contributed by atoms with Gasteiger partial charge in [0.25, 0.3) is 0 Å². The molecular weight excluding hydrogens is 1110 g/mol. The van der Waals surface area contributed by atoms with E-state index in [2.05, 4.69) is 48.5 Å². The van der Waals surface area contributed by atoms with Crippen LogP contribution < -0.4 is 0 Å². The predicted molar refractivity (Wildman–Crippen MR) is 335 cm³/mol. The van der Waals surface area contributed by atoms with Gasteiger partial charge >= 0.3 is 39.5 Å². The van der Waals surface area contributed by atoms with Crippen molar-refractivity contribution in [3.63, 3.8) is 0 Å². The monoisotopic (exact) mass is 1240 g/mol. The molecule has 0 fully saturated rings. The van der Waals surface area contributed by atoms with E-state index in [1.54, 1.807) is 0 Å². The van der Waals surface area contributed by atoms with E-state index in [9.17, 15) is 43.2 Å². The molecule has 19 heteroatoms. The fraction of sp³-hybridized carbons (Fsp3) is 0.938. The van der Waals surface area contributed by atoms with Crippen LogP contribution in [0.1, 0.15) is 318 Å². The van der Waals surface area contributed by atoms with Gasteiger partial charge in [-0.15, -0.1) is 0 Å². The number of unbranched alkanes of at least 4 members (excludes halogenated alkanes) is 30. The lowest BCUT2D eigenvalue weighted by Crippen LogP contribution is -2.30. The lowest BCUT2D eigenvalue weighted by Gasteiger charge is -2.21. The number of rotatable bonds is 63. The lowest BCUT2D eigenvalue weighted by molar-refractivity contribution is -0.161. The third-order valence-electron chi connectivity index (χ3n) is 15.2. The first-order valence-corrected chi connectivity index (χ1v) is 36.9. The predicted octanol–water partition coefficient (Wildman–Crippen LogP) is 17.9. The molecule has 0 rings (SSSR count). The van der Waals surface area contributed by atoms with Crippen LogP contribution in [-0.4, -0.2) is 96.7 Å². The van der Waals surface area contributed by atoms with E-state index >= 15 is 0 Å². The van der Waals surface area contributed by atoms with Crippen molar-refractivity contribution in [2.75, 3.05) is 39.6 Å². The molecule has 3 unspecified atom stereocenters. The van der Waals surface area contributed by atoms with Crippen molar-refractivity contribution in [1.29, 1.82) is 0 Å². The summed E-state index contributed by atoms with van der Waals surface area (Å²) in [4.78, 5) is 72.0. The van der Waals surface area contributed by atoms with E-state index in [0.717, 1.165) is 108 Å². The Bertz CT molecular complexity index is 1670. The van der Waals surface area contributed by atoms with Crippen LogP contribution in [0, 0.1) is 17.8 Å². The zero-order valence-electron chi connectivity index (χ0n) is 54.4. The first kappa shape index (κ1) is 82.1. The molecule has 6 atom stereocenters. The molecule has 84 heavy (non-hydrogen) atoms. The number of ether oxygens (including phenoxy) is 4. The van der Waals surface area contributed by atoms with Gasteiger partial charge in [-0.1, -0.05) is 267 Å². The minimum atomic E-state index is -4.95. The summed E-state index contributed by atoms with van der Waals surface area (Å²) in [5.41, 5.74) is 0. The highest BCUT2D eigenvalue weighted by Gasteiger charge is 2.30. The molecular formula is C65H126O17P2. The van der Waals surface area contributed by atoms with Crippen molar-refractivity contribution < 1.29 is 80.2 Å². The molecule has 0 bridgehead atoms. The first-order valence-electron chi connectivity index (χ1n) is 33.9. The Labute approximate surface area is 511 Å². The average Bonchev–Trinajstić information content (AvgIpc) is 3.54. The molecule has 0 aliphatic rings. The normalized spacial score (nSPS) is 14.7. The van der Waals surface area contributed by atoms with Gasteiger partial charge < -0.3 is 33.8 Å². The quantitative estimate of drug-likeness (QED) is 0.0222. The summed E-state index contributed by atoms with van der Waals surface area (Å²) in [6, 6.07) is 0. The van der Waals surface area contributed by atoms with Gasteiger partial charge in [-0.2, -0.15) is 0 Å². The number of hydrogen-bond donors (Lipinski definition) is 3. The highest BCUT2D eigenvalue weighted by atomic mass is 31.2. The molecule has 0 aromatic rings. The molecule has 0 aliphatic carbocycles. The second-order valence-corrected chi connectivity index (χ2v) is 27.6. The standard InChI is InChI=1S/C65H126O17P2/c1-8-10-11-29-39-46-62(67)75-52-60(81-65(70)49-42-35-28-22-24-31-37-44-57(5)6)54-79-83(71,72)77-50-59(66)51-78-84(73,74)80-55-61(53-76-63(68)47-40-33-26-21-20-23-30-36-43-56(3)4)82-64(69)48-41-34-27-19-17-15-13-12-14-16-18-25-32-38-45-58(7)9-2/h56-61,66H,8-55H2,1-7H3,(H,71,72)(H,73,74)/t58?,59-,60+,61+/m0/s1. The van der Waals surface area contributed by atoms with Gasteiger partial charge in [0.1, 0.15) is 19.3 Å². The van der Waals surface area contributed by atoms with Gasteiger partial charge in [-0.25, -0.2) is 9.13 Å². The number of phosphoric ester groups is 2. The number of phosphoric acid groups is 2. The average molecular weight is 1240 g/mol. The summed E-state index contributed by atoms with van der Waals surface area (Å²) in [6.45, 7) is 11.7. The van der Waals surface area contributed by atoms with Crippen LogP contribution in [0.4, 0.5) is 0 Å². The summed E-state index contributed by atoms with van der Waals surface area (Å²) in [7, 11) is -9.88. The molecule has 0 amide bonds. The van der Waals surface area contributed by atoms with Crippen molar-refractivity contribution in [3.8, 4) is 0 Å². The van der Waals surface area contributed by atoms with Gasteiger partial charge in [-0.3, -0.25) is 37.3 Å². The smallest absolute Gasteiger partial charge is 0.462 e. The van der Waals surface area contributed by atoms with Crippen LogP contribution in [0.2, 0.25) is 0 Å². The second kappa shape index (κ2) is 56.3. The summed E-state index contributed by atoms with van der Waals surface area (Å²) < 4.78 is 67.8. The lowest BCUT2D eigenvalue weighted by atomic mass is 9.99. The second-order valence-electron chi connectivity index (χ2n) is 24.7. The van der Waals surface area contributed by atoms with E-state index < -0.39 is 97.5 Å². The summed E-state index contributed by atoms with van der Waals surface area (Å²) in [5.74, 6) is 0.121. The van der Waals surface area contributed by atoms with Crippen LogP contribution in [0.5, 0.6) is 0 Å². The van der Waals surface area contributed by atoms with Gasteiger partial charge in [0.05, 0.1) is 26.4 Å². The third kappa shape index (κ3) is 57.8. The van der Waals surface area contributed by atoms with Crippen LogP contribution in [0.15, 0.2) is 0 Å². The molecule has 0 heterocycles. The summed E-state index contributed by atoms with van der Waals surface area (Å²) >= 11 is 0. The van der Waals surface area contributed by atoms with E-state index in [0.29, 0.717) is 31.6 Å². The number of esters is 4. The molecule has 0 aromatic carbocycles. The Morgan fingerprint density at radius 2 is 0.607 bits per heavy atom. The number of carbonyl (C=O) groups excluding carboxylic acids is 4. The maximum Gasteiger partial charge on any atom is 0.472 e. The van der Waals surface area contributed by atoms with Crippen molar-refractivity contribution >= 4 is 39.5 Å². The molecule has 17 nitrogen and oxygen atoms in total. The van der Waals surface area contributed by atoms with Crippen molar-refractivity contribution in [1.82, 2.24) is 0 Å². The van der Waals surface area contributed by atoms with Crippen LogP contribution in [-0.2, 0) is 65.4 Å². The molecule has 0 spiro atoms. The molecule has 3 N–H and O–H groups in total. The zero-order valence-corrected chi connectivity index (χ0v) is 56.1. The first-order chi connectivity index (χ1) is 40.3. The van der Waals surface area contributed by atoms with Gasteiger partial charge in [0, 0.05) is 25.7 Å². The minimum Gasteiger partial charge on any atom is -0.462 e. The SMILES string of the molecule is CCCCCCCC(=O)OC[C@H](COP(=O)(O)OC[C@H](O)COP(=O)(O)OC[C@@H](COC(=O)CCCCCCCCCCC(C)C)OC(=O)CCCCCCCCCCCCCCCCC(C)CC)OC(=O)CCCCCCCCCC(C)C. The fourth-order valence-electron chi connectivity index (χ4n) is 9.62. The number of aliphatic hydroxyl groups is 1. The summed E-state index contributed by atoms with van der Waals surface area (Å²) in [5, 5.41) is 10.5. The minimum absolute atomic E-state index is 0.102. The van der Waals surface area contributed by atoms with Gasteiger partial charge in [0.2, 0.25) is 0 Å². The maximum atomic E-state index is 13.0. The number of aliphatic hydroxyl groups excluding tert-OH is 1. The Hall–Kier alpha value is -1.94. The van der Waals surface area contributed by atoms with E-state index in [4.69, 9.17) is 37.0 Å². The van der Waals surface area contributed by atoms with E-state index in [-0.39, 0.29) is 25.7 Å². The topological polar surface area (TPSA) is 237 Å². The molecule has 0 radical (unpaired) electrons. The van der Waals surface area contributed by atoms with Crippen LogP contribution >= 0.6 is 15.6 Å². The fourth-order valence-corrected chi connectivity index (χ4v) is 11.2. The Morgan fingerprint density at radius 1 is 0.345 bits per heavy atom. The molecule has 0 aromatic heterocycles. The Balaban J connectivity index is 5.15. The summed E-state index contributed by atoms with van der Waals surface area (Å²) in [6.07, 6.45) is 38.0. The molecule has 0 aliphatic heterocycles.